The van der Waals surface area contributed by atoms with E-state index in [0.29, 0.717) is 22.3 Å². The molecule has 0 aliphatic rings. The van der Waals surface area contributed by atoms with Crippen LogP contribution in [0.15, 0.2) is 53.3 Å². The molecule has 1 amide bonds. The highest BCUT2D eigenvalue weighted by Crippen LogP contribution is 2.09. The van der Waals surface area contributed by atoms with Crippen molar-refractivity contribution in [2.24, 2.45) is 0 Å². The van der Waals surface area contributed by atoms with Crippen LogP contribution in [-0.4, -0.2) is 28.5 Å². The highest BCUT2D eigenvalue weighted by molar-refractivity contribution is 5.92. The predicted molar refractivity (Wildman–Crippen MR) is 101 cm³/mol. The third-order valence-corrected chi connectivity index (χ3v) is 3.90. The summed E-state index contributed by atoms with van der Waals surface area (Å²) in [4.78, 5) is 42.7. The Morgan fingerprint density at radius 2 is 1.89 bits per heavy atom. The molecule has 2 aromatic carbocycles. The van der Waals surface area contributed by atoms with Crippen LogP contribution in [0.4, 0.5) is 5.69 Å². The second kappa shape index (κ2) is 8.60. The van der Waals surface area contributed by atoms with Gasteiger partial charge in [-0.1, -0.05) is 12.1 Å². The van der Waals surface area contributed by atoms with Gasteiger partial charge in [-0.3, -0.25) is 14.4 Å². The molecule has 0 unspecified atom stereocenters. The number of ether oxygens (including phenoxy) is 1. The van der Waals surface area contributed by atoms with Gasteiger partial charge in [-0.2, -0.15) is 5.26 Å². The van der Waals surface area contributed by atoms with Gasteiger partial charge in [0.2, 0.25) is 0 Å². The zero-order chi connectivity index (χ0) is 19.9. The monoisotopic (exact) mass is 376 g/mol. The molecule has 140 valence electrons. The van der Waals surface area contributed by atoms with Crippen molar-refractivity contribution in [2.75, 3.05) is 11.9 Å². The number of carbonyl (C=O) groups excluding carboxylic acids is 2. The first-order valence-electron chi connectivity index (χ1n) is 8.49. The van der Waals surface area contributed by atoms with Gasteiger partial charge in [0.05, 0.1) is 29.1 Å². The van der Waals surface area contributed by atoms with Crippen LogP contribution < -0.4 is 10.9 Å². The van der Waals surface area contributed by atoms with E-state index in [0.717, 1.165) is 0 Å². The van der Waals surface area contributed by atoms with Crippen molar-refractivity contribution in [1.29, 1.82) is 5.26 Å². The molecule has 0 fully saturated rings. The van der Waals surface area contributed by atoms with Gasteiger partial charge in [-0.05, 0) is 36.4 Å². The lowest BCUT2D eigenvalue weighted by molar-refractivity contribution is -0.147. The van der Waals surface area contributed by atoms with E-state index in [2.05, 4.69) is 15.3 Å². The number of esters is 1. The molecule has 3 rings (SSSR count). The van der Waals surface area contributed by atoms with Crippen LogP contribution in [0.5, 0.6) is 0 Å². The molecule has 0 radical (unpaired) electrons. The minimum Gasteiger partial charge on any atom is -0.456 e. The average molecular weight is 376 g/mol. The Balaban J connectivity index is 1.49. The number of nitriles is 1. The highest BCUT2D eigenvalue weighted by Gasteiger charge is 2.11. The number of aryl methyl sites for hydroxylation is 1. The number of carbonyl (C=O) groups is 2. The van der Waals surface area contributed by atoms with Crippen molar-refractivity contribution >= 4 is 28.6 Å². The molecule has 8 nitrogen and oxygen atoms in total. The number of H-pyrrole nitrogens is 1. The van der Waals surface area contributed by atoms with Crippen molar-refractivity contribution in [1.82, 2.24) is 9.97 Å². The van der Waals surface area contributed by atoms with E-state index in [1.54, 1.807) is 48.5 Å². The molecule has 28 heavy (non-hydrogen) atoms. The van der Waals surface area contributed by atoms with Crippen molar-refractivity contribution < 1.29 is 14.3 Å². The van der Waals surface area contributed by atoms with Crippen LogP contribution in [0, 0.1) is 11.3 Å². The minimum absolute atomic E-state index is 0.0709. The SMILES string of the molecule is N#Cc1ccc(NC(=O)COC(=O)CCc2nc3ccccc3[nH]c2=O)cc1. The number of nitrogens with one attached hydrogen (secondary N) is 2. The standard InChI is InChI=1S/C20H16N4O4/c21-11-13-5-7-14(8-6-13)22-18(25)12-28-19(26)10-9-17-20(27)24-16-4-2-1-3-15(16)23-17/h1-8H,9-10,12H2,(H,22,25)(H,24,27). The summed E-state index contributed by atoms with van der Waals surface area (Å²) in [5, 5.41) is 11.3. The molecular formula is C20H16N4O4. The molecule has 0 aliphatic heterocycles. The molecule has 0 atom stereocenters. The molecule has 0 saturated heterocycles. The summed E-state index contributed by atoms with van der Waals surface area (Å²) in [5.41, 5.74) is 2.10. The minimum atomic E-state index is -0.607. The lowest BCUT2D eigenvalue weighted by Crippen LogP contribution is -2.22. The zero-order valence-electron chi connectivity index (χ0n) is 14.8. The fraction of sp³-hybridized carbons (Fsp3) is 0.150. The van der Waals surface area contributed by atoms with E-state index in [1.807, 2.05) is 6.07 Å². The Kier molecular flexibility index (Phi) is 5.77. The molecule has 0 saturated carbocycles. The van der Waals surface area contributed by atoms with E-state index in [4.69, 9.17) is 10.00 Å². The van der Waals surface area contributed by atoms with E-state index in [-0.39, 0.29) is 24.1 Å². The van der Waals surface area contributed by atoms with Gasteiger partial charge in [-0.25, -0.2) is 4.98 Å². The van der Waals surface area contributed by atoms with Crippen LogP contribution in [0.3, 0.4) is 0 Å². The molecule has 1 aromatic heterocycles. The van der Waals surface area contributed by atoms with Crippen LogP contribution in [-0.2, 0) is 20.7 Å². The number of benzene rings is 2. The molecular weight excluding hydrogens is 360 g/mol. The Morgan fingerprint density at radius 3 is 2.64 bits per heavy atom. The molecule has 0 bridgehead atoms. The summed E-state index contributed by atoms with van der Waals surface area (Å²) in [6.45, 7) is -0.444. The first kappa shape index (κ1) is 18.8. The number of anilines is 1. The Morgan fingerprint density at radius 1 is 1.14 bits per heavy atom. The molecule has 3 aromatic rings. The highest BCUT2D eigenvalue weighted by atomic mass is 16.5. The number of aromatic nitrogens is 2. The van der Waals surface area contributed by atoms with Crippen LogP contribution in [0.2, 0.25) is 0 Å². The smallest absolute Gasteiger partial charge is 0.306 e. The van der Waals surface area contributed by atoms with Gasteiger partial charge in [0, 0.05) is 12.1 Å². The summed E-state index contributed by atoms with van der Waals surface area (Å²) in [6, 6.07) is 15.4. The normalized spacial score (nSPS) is 10.2. The number of para-hydroxylation sites is 2. The lowest BCUT2D eigenvalue weighted by Gasteiger charge is -2.07. The van der Waals surface area contributed by atoms with Crippen LogP contribution >= 0.6 is 0 Å². The second-order valence-electron chi connectivity index (χ2n) is 5.93. The van der Waals surface area contributed by atoms with Gasteiger partial charge in [0.1, 0.15) is 5.69 Å². The fourth-order valence-electron chi connectivity index (χ4n) is 2.50. The third kappa shape index (κ3) is 4.80. The summed E-state index contributed by atoms with van der Waals surface area (Å²) < 4.78 is 4.93. The molecule has 2 N–H and O–H groups in total. The summed E-state index contributed by atoms with van der Waals surface area (Å²) >= 11 is 0. The Labute approximate surface area is 159 Å². The first-order chi connectivity index (χ1) is 13.5. The number of aromatic amines is 1. The quantitative estimate of drug-likeness (QED) is 0.633. The third-order valence-electron chi connectivity index (χ3n) is 3.90. The number of rotatable bonds is 6. The lowest BCUT2D eigenvalue weighted by atomic mass is 10.2. The summed E-state index contributed by atoms with van der Waals surface area (Å²) in [6.07, 6.45) is 0.0365. The molecule has 0 spiro atoms. The van der Waals surface area contributed by atoms with E-state index in [1.165, 1.54) is 0 Å². The first-order valence-corrected chi connectivity index (χ1v) is 8.49. The molecule has 8 heteroatoms. The predicted octanol–water partition coefficient (Wildman–Crippen LogP) is 1.91. The summed E-state index contributed by atoms with van der Waals surface area (Å²) in [5.74, 6) is -1.11. The van der Waals surface area contributed by atoms with E-state index >= 15 is 0 Å². The topological polar surface area (TPSA) is 125 Å². The van der Waals surface area contributed by atoms with Gasteiger partial charge < -0.3 is 15.0 Å². The summed E-state index contributed by atoms with van der Waals surface area (Å²) in [7, 11) is 0. The average Bonchev–Trinajstić information content (AvgIpc) is 2.71. The van der Waals surface area contributed by atoms with E-state index in [9.17, 15) is 14.4 Å². The number of nitrogens with zero attached hydrogens (tertiary/aromatic N) is 2. The number of hydrogen-bond donors (Lipinski definition) is 2. The van der Waals surface area contributed by atoms with Gasteiger partial charge in [0.15, 0.2) is 6.61 Å². The van der Waals surface area contributed by atoms with Crippen molar-refractivity contribution in [3.63, 3.8) is 0 Å². The largest absolute Gasteiger partial charge is 0.456 e. The maximum atomic E-state index is 12.0. The molecule has 0 aliphatic carbocycles. The maximum Gasteiger partial charge on any atom is 0.306 e. The number of fused-ring (bicyclic) bond motifs is 1. The van der Waals surface area contributed by atoms with Gasteiger partial charge >= 0.3 is 5.97 Å². The van der Waals surface area contributed by atoms with Crippen LogP contribution in [0.1, 0.15) is 17.7 Å². The van der Waals surface area contributed by atoms with E-state index < -0.39 is 18.5 Å². The number of amides is 1. The van der Waals surface area contributed by atoms with Crippen molar-refractivity contribution in [2.45, 2.75) is 12.8 Å². The van der Waals surface area contributed by atoms with Gasteiger partial charge in [-0.15, -0.1) is 0 Å². The Bertz CT molecular complexity index is 1110. The van der Waals surface area contributed by atoms with Crippen LogP contribution in [0.25, 0.3) is 11.0 Å². The zero-order valence-corrected chi connectivity index (χ0v) is 14.8. The van der Waals surface area contributed by atoms with Crippen molar-refractivity contribution in [3.05, 3.63) is 70.1 Å². The Hall–Kier alpha value is -3.99. The fourth-order valence-corrected chi connectivity index (χ4v) is 2.50. The van der Waals surface area contributed by atoms with Gasteiger partial charge in [0.25, 0.3) is 11.5 Å². The maximum absolute atomic E-state index is 12.0. The second-order valence-corrected chi connectivity index (χ2v) is 5.93. The number of hydrogen-bond acceptors (Lipinski definition) is 6. The molecule has 1 heterocycles. The van der Waals surface area contributed by atoms with Crippen molar-refractivity contribution in [3.8, 4) is 6.07 Å².